The number of nitrogens with zero attached hydrogens (tertiary/aromatic N) is 2. The van der Waals surface area contributed by atoms with Crippen LogP contribution >= 0.6 is 0 Å². The molecule has 0 aromatic heterocycles. The molecule has 0 radical (unpaired) electrons. The molecule has 1 saturated heterocycles. The van der Waals surface area contributed by atoms with Crippen molar-refractivity contribution in [3.63, 3.8) is 0 Å². The molecule has 0 saturated carbocycles. The zero-order valence-corrected chi connectivity index (χ0v) is 10.1. The maximum Gasteiger partial charge on any atom is 0.238 e. The molecule has 3 N–H and O–H groups in total. The second-order valence-corrected chi connectivity index (χ2v) is 4.52. The highest BCUT2D eigenvalue weighted by molar-refractivity contribution is 5.92. The largest absolute Gasteiger partial charge is 0.326 e. The number of nitriles is 1. The van der Waals surface area contributed by atoms with Crippen LogP contribution in [-0.2, 0) is 4.79 Å². The van der Waals surface area contributed by atoms with E-state index in [0.29, 0.717) is 17.8 Å². The Morgan fingerprint density at radius 2 is 2.22 bits per heavy atom. The lowest BCUT2D eigenvalue weighted by Crippen LogP contribution is -2.33. The molecule has 1 aromatic carbocycles. The number of rotatable bonds is 3. The van der Waals surface area contributed by atoms with Gasteiger partial charge in [0, 0.05) is 24.8 Å². The first-order chi connectivity index (χ1) is 8.67. The number of carbonyl (C=O) groups is 1. The van der Waals surface area contributed by atoms with Crippen LogP contribution in [0.25, 0.3) is 0 Å². The molecular formula is C13H16N4O. The molecule has 1 heterocycles. The molecule has 18 heavy (non-hydrogen) atoms. The van der Waals surface area contributed by atoms with Gasteiger partial charge < -0.3 is 11.1 Å². The van der Waals surface area contributed by atoms with Crippen molar-refractivity contribution in [3.05, 3.63) is 29.8 Å². The Balaban J connectivity index is 1.85. The Bertz CT molecular complexity index is 463. The van der Waals surface area contributed by atoms with Crippen molar-refractivity contribution in [2.45, 2.75) is 12.5 Å². The lowest BCUT2D eigenvalue weighted by atomic mass is 10.2. The van der Waals surface area contributed by atoms with E-state index in [4.69, 9.17) is 11.0 Å². The number of carbonyl (C=O) groups excluding carboxylic acids is 1. The van der Waals surface area contributed by atoms with Gasteiger partial charge in [0.05, 0.1) is 18.2 Å². The third kappa shape index (κ3) is 3.29. The van der Waals surface area contributed by atoms with E-state index in [9.17, 15) is 4.79 Å². The first-order valence-corrected chi connectivity index (χ1v) is 5.95. The number of hydrogen-bond donors (Lipinski definition) is 2. The molecular weight excluding hydrogens is 228 g/mol. The maximum absolute atomic E-state index is 11.8. The minimum absolute atomic E-state index is 0.0474. The second kappa shape index (κ2) is 5.63. The van der Waals surface area contributed by atoms with E-state index in [0.717, 1.165) is 19.5 Å². The number of anilines is 1. The SMILES string of the molecule is N#Cc1ccc(NC(=O)CN2CC[C@H](N)C2)cc1. The van der Waals surface area contributed by atoms with Gasteiger partial charge >= 0.3 is 0 Å². The Morgan fingerprint density at radius 1 is 1.50 bits per heavy atom. The monoisotopic (exact) mass is 244 g/mol. The lowest BCUT2D eigenvalue weighted by molar-refractivity contribution is -0.117. The average Bonchev–Trinajstić information content (AvgIpc) is 2.75. The van der Waals surface area contributed by atoms with Crippen molar-refractivity contribution in [1.29, 1.82) is 5.26 Å². The van der Waals surface area contributed by atoms with Crippen molar-refractivity contribution in [3.8, 4) is 6.07 Å². The van der Waals surface area contributed by atoms with E-state index in [2.05, 4.69) is 5.32 Å². The summed E-state index contributed by atoms with van der Waals surface area (Å²) in [5, 5.41) is 11.5. The number of nitrogens with one attached hydrogen (secondary N) is 1. The van der Waals surface area contributed by atoms with Gasteiger partial charge in [0.15, 0.2) is 0 Å². The van der Waals surface area contributed by atoms with Crippen molar-refractivity contribution < 1.29 is 4.79 Å². The van der Waals surface area contributed by atoms with Gasteiger partial charge in [0.25, 0.3) is 0 Å². The summed E-state index contributed by atoms with van der Waals surface area (Å²) in [6.45, 7) is 2.02. The first-order valence-electron chi connectivity index (χ1n) is 5.95. The molecule has 0 unspecified atom stereocenters. The molecule has 1 aliphatic rings. The summed E-state index contributed by atoms with van der Waals surface area (Å²) in [6, 6.07) is 9.04. The summed E-state index contributed by atoms with van der Waals surface area (Å²) in [6.07, 6.45) is 0.949. The average molecular weight is 244 g/mol. The normalized spacial score (nSPS) is 19.4. The summed E-state index contributed by atoms with van der Waals surface area (Å²) in [5.74, 6) is -0.0474. The fourth-order valence-corrected chi connectivity index (χ4v) is 2.04. The molecule has 5 nitrogen and oxygen atoms in total. The summed E-state index contributed by atoms with van der Waals surface area (Å²) in [4.78, 5) is 13.8. The minimum Gasteiger partial charge on any atom is -0.326 e. The van der Waals surface area contributed by atoms with Crippen molar-refractivity contribution in [1.82, 2.24) is 4.90 Å². The third-order valence-corrected chi connectivity index (χ3v) is 2.97. The minimum atomic E-state index is -0.0474. The Morgan fingerprint density at radius 3 is 2.78 bits per heavy atom. The zero-order valence-electron chi connectivity index (χ0n) is 10.1. The molecule has 0 aliphatic carbocycles. The van der Waals surface area contributed by atoms with Gasteiger partial charge in [-0.2, -0.15) is 5.26 Å². The smallest absolute Gasteiger partial charge is 0.238 e. The highest BCUT2D eigenvalue weighted by atomic mass is 16.2. The van der Waals surface area contributed by atoms with Gasteiger partial charge in [-0.05, 0) is 30.7 Å². The van der Waals surface area contributed by atoms with Gasteiger partial charge in [-0.15, -0.1) is 0 Å². The fourth-order valence-electron chi connectivity index (χ4n) is 2.04. The van der Waals surface area contributed by atoms with E-state index in [1.54, 1.807) is 24.3 Å². The number of amides is 1. The fraction of sp³-hybridized carbons (Fsp3) is 0.385. The van der Waals surface area contributed by atoms with Crippen LogP contribution in [0, 0.1) is 11.3 Å². The van der Waals surface area contributed by atoms with Gasteiger partial charge in [0.2, 0.25) is 5.91 Å². The van der Waals surface area contributed by atoms with Crippen LogP contribution in [0.15, 0.2) is 24.3 Å². The van der Waals surface area contributed by atoms with E-state index in [1.807, 2.05) is 11.0 Å². The van der Waals surface area contributed by atoms with Crippen LogP contribution in [0.4, 0.5) is 5.69 Å². The third-order valence-electron chi connectivity index (χ3n) is 2.97. The van der Waals surface area contributed by atoms with Crippen LogP contribution in [0.2, 0.25) is 0 Å². The highest BCUT2D eigenvalue weighted by Gasteiger charge is 2.20. The molecule has 0 bridgehead atoms. The molecule has 5 heteroatoms. The van der Waals surface area contributed by atoms with Gasteiger partial charge in [-0.3, -0.25) is 9.69 Å². The Labute approximate surface area is 106 Å². The number of nitrogens with two attached hydrogens (primary N) is 1. The van der Waals surface area contributed by atoms with Gasteiger partial charge in [0.1, 0.15) is 0 Å². The van der Waals surface area contributed by atoms with E-state index >= 15 is 0 Å². The molecule has 0 spiro atoms. The second-order valence-electron chi connectivity index (χ2n) is 4.52. The number of benzene rings is 1. The van der Waals surface area contributed by atoms with Crippen LogP contribution in [0.3, 0.4) is 0 Å². The highest BCUT2D eigenvalue weighted by Crippen LogP contribution is 2.10. The Kier molecular flexibility index (Phi) is 3.92. The zero-order chi connectivity index (χ0) is 13.0. The van der Waals surface area contributed by atoms with E-state index in [-0.39, 0.29) is 11.9 Å². The molecule has 1 fully saturated rings. The van der Waals surface area contributed by atoms with Gasteiger partial charge in [-0.25, -0.2) is 0 Å². The summed E-state index contributed by atoms with van der Waals surface area (Å²) in [5.41, 5.74) is 7.07. The first kappa shape index (κ1) is 12.6. The maximum atomic E-state index is 11.8. The summed E-state index contributed by atoms with van der Waals surface area (Å²) >= 11 is 0. The molecule has 2 rings (SSSR count). The van der Waals surface area contributed by atoms with E-state index < -0.39 is 0 Å². The van der Waals surface area contributed by atoms with Crippen molar-refractivity contribution in [2.75, 3.05) is 25.0 Å². The standard InChI is InChI=1S/C13H16N4O/c14-7-10-1-3-12(4-2-10)16-13(18)9-17-6-5-11(15)8-17/h1-4,11H,5-6,8-9,15H2,(H,16,18)/t11-/m0/s1. The van der Waals surface area contributed by atoms with Crippen molar-refractivity contribution >= 4 is 11.6 Å². The predicted molar refractivity (Wildman–Crippen MR) is 68.8 cm³/mol. The van der Waals surface area contributed by atoms with Crippen LogP contribution in [-0.4, -0.2) is 36.5 Å². The Hall–Kier alpha value is -1.90. The quantitative estimate of drug-likeness (QED) is 0.812. The van der Waals surface area contributed by atoms with Crippen molar-refractivity contribution in [2.24, 2.45) is 5.73 Å². The molecule has 1 aliphatic heterocycles. The number of hydrogen-bond acceptors (Lipinski definition) is 4. The summed E-state index contributed by atoms with van der Waals surface area (Å²) in [7, 11) is 0. The lowest BCUT2D eigenvalue weighted by Gasteiger charge is -2.14. The van der Waals surface area contributed by atoms with E-state index in [1.165, 1.54) is 0 Å². The van der Waals surface area contributed by atoms with Crippen LogP contribution < -0.4 is 11.1 Å². The molecule has 1 aromatic rings. The summed E-state index contributed by atoms with van der Waals surface area (Å²) < 4.78 is 0. The molecule has 94 valence electrons. The number of likely N-dealkylation sites (tertiary alicyclic amines) is 1. The van der Waals surface area contributed by atoms with Crippen LogP contribution in [0.5, 0.6) is 0 Å². The van der Waals surface area contributed by atoms with Gasteiger partial charge in [-0.1, -0.05) is 0 Å². The molecule has 1 atom stereocenters. The van der Waals surface area contributed by atoms with Crippen LogP contribution in [0.1, 0.15) is 12.0 Å². The molecule has 1 amide bonds. The predicted octanol–water partition coefficient (Wildman–Crippen LogP) is 0.530. The topological polar surface area (TPSA) is 82.2 Å².